The SMILES string of the molecule is Brc1ccc2c(c1)C1(c3ccccc3-2)c2ccccc2-c2cccc3cccc1c23.OB(O)c1c2ccccc2c(-c2ccccc2)c2ccccc12.c1ccc(-c2c3ccccc3c(-c3ccc4c(c3)C3(c5ccccc5-4)c4ccccc4-c4cccc5cccc3c45)c3ccccc23)cc1. The van der Waals surface area contributed by atoms with Crippen molar-refractivity contribution in [3.63, 3.8) is 0 Å². The van der Waals surface area contributed by atoms with Crippen LogP contribution in [0.3, 0.4) is 0 Å². The molecule has 0 bridgehead atoms. The largest absolute Gasteiger partial charge is 0.489 e. The van der Waals surface area contributed by atoms with E-state index in [1.54, 1.807) is 0 Å². The van der Waals surface area contributed by atoms with Gasteiger partial charge >= 0.3 is 7.12 Å². The molecule has 0 heterocycles. The quantitative estimate of drug-likeness (QED) is 0.136. The molecule has 2 unspecified atom stereocenters. The lowest BCUT2D eigenvalue weighted by atomic mass is 9.61. The van der Waals surface area contributed by atoms with Crippen LogP contribution in [0.5, 0.6) is 0 Å². The summed E-state index contributed by atoms with van der Waals surface area (Å²) in [6.07, 6.45) is 0. The first-order chi connectivity index (χ1) is 50.4. The molecule has 0 radical (unpaired) electrons. The van der Waals surface area contributed by atoms with E-state index in [1.807, 2.05) is 66.7 Å². The lowest BCUT2D eigenvalue weighted by Gasteiger charge is -2.40. The molecule has 0 amide bonds. The van der Waals surface area contributed by atoms with Gasteiger partial charge in [0.1, 0.15) is 0 Å². The normalized spacial score (nSPS) is 15.1. The topological polar surface area (TPSA) is 40.5 Å². The van der Waals surface area contributed by atoms with Crippen LogP contribution in [0.15, 0.2) is 368 Å². The minimum Gasteiger partial charge on any atom is -0.423 e. The zero-order valence-corrected chi connectivity index (χ0v) is 57.1. The maximum absolute atomic E-state index is 9.94. The molecule has 0 fully saturated rings. The summed E-state index contributed by atoms with van der Waals surface area (Å²) in [5.74, 6) is 0. The van der Waals surface area contributed by atoms with Crippen LogP contribution in [0.2, 0.25) is 0 Å². The third kappa shape index (κ3) is 8.61. The molecule has 2 N–H and O–H groups in total. The summed E-state index contributed by atoms with van der Waals surface area (Å²) in [7, 11) is -1.50. The van der Waals surface area contributed by atoms with Gasteiger partial charge < -0.3 is 10.0 Å². The fourth-order valence-corrected chi connectivity index (χ4v) is 19.1. The van der Waals surface area contributed by atoms with Crippen molar-refractivity contribution in [3.05, 3.63) is 413 Å². The maximum atomic E-state index is 9.94. The maximum Gasteiger partial charge on any atom is 0.489 e. The number of rotatable bonds is 4. The molecule has 18 aromatic rings. The van der Waals surface area contributed by atoms with Gasteiger partial charge in [-0.2, -0.15) is 0 Å². The second-order valence-electron chi connectivity index (χ2n) is 27.4. The van der Waals surface area contributed by atoms with Crippen molar-refractivity contribution in [1.82, 2.24) is 0 Å². The van der Waals surface area contributed by atoms with Crippen molar-refractivity contribution in [2.45, 2.75) is 10.8 Å². The first-order valence-electron chi connectivity index (χ1n) is 35.1. The van der Waals surface area contributed by atoms with E-state index in [9.17, 15) is 10.0 Å². The summed E-state index contributed by atoms with van der Waals surface area (Å²) in [6.45, 7) is 0. The summed E-state index contributed by atoms with van der Waals surface area (Å²) in [4.78, 5) is 0. The molecule has 476 valence electrons. The third-order valence-corrected chi connectivity index (χ3v) is 23.0. The molecule has 0 saturated heterocycles. The zero-order valence-electron chi connectivity index (χ0n) is 55.5. The van der Waals surface area contributed by atoms with Gasteiger partial charge in [-0.25, -0.2) is 0 Å². The minimum absolute atomic E-state index is 0.305. The molecule has 2 spiro atoms. The highest BCUT2D eigenvalue weighted by atomic mass is 79.9. The van der Waals surface area contributed by atoms with Crippen LogP contribution in [0.25, 0.3) is 143 Å². The van der Waals surface area contributed by atoms with Crippen LogP contribution >= 0.6 is 15.9 Å². The first kappa shape index (κ1) is 60.0. The van der Waals surface area contributed by atoms with Crippen LogP contribution in [0.4, 0.5) is 0 Å². The first-order valence-corrected chi connectivity index (χ1v) is 35.9. The number of halogens is 1. The average Bonchev–Trinajstić information content (AvgIpc) is 1.47. The van der Waals surface area contributed by atoms with Gasteiger partial charge in [0.15, 0.2) is 0 Å². The molecule has 4 heteroatoms. The Morgan fingerprint density at radius 2 is 0.500 bits per heavy atom. The fourth-order valence-electron chi connectivity index (χ4n) is 18.7. The van der Waals surface area contributed by atoms with Crippen LogP contribution in [-0.2, 0) is 10.8 Å². The van der Waals surface area contributed by atoms with Gasteiger partial charge in [0.05, 0.1) is 10.8 Å². The third-order valence-electron chi connectivity index (χ3n) is 22.5. The molecule has 2 atom stereocenters. The number of benzene rings is 18. The second-order valence-corrected chi connectivity index (χ2v) is 28.3. The highest BCUT2D eigenvalue weighted by Gasteiger charge is 2.52. The average molecular weight is 1360 g/mol. The predicted molar refractivity (Wildman–Crippen MR) is 431 cm³/mol. The van der Waals surface area contributed by atoms with Gasteiger partial charge in [0.2, 0.25) is 0 Å². The Hall–Kier alpha value is -12.0. The van der Waals surface area contributed by atoms with Crippen LogP contribution in [0.1, 0.15) is 44.5 Å². The monoisotopic (exact) mass is 1360 g/mol. The summed E-state index contributed by atoms with van der Waals surface area (Å²) in [5, 5.41) is 34.1. The number of fused-ring (bicyclic) bond motifs is 22. The highest BCUT2D eigenvalue weighted by molar-refractivity contribution is 9.10. The fraction of sp³-hybridized carbons (Fsp3) is 0.0204. The molecule has 4 aliphatic rings. The van der Waals surface area contributed by atoms with Crippen LogP contribution < -0.4 is 5.46 Å². The standard InChI is InChI=1S/C49H30.C29H17Br.C20H15BO2/c1-2-14-31(15-3-1)46-38-20-4-6-22-40(38)47(41-23-7-5-21-39(41)46)33-28-29-36-34-18-8-10-25-42(34)49(45(36)30-33)43-26-11-9-19-35(43)37-24-12-16-32-17-13-27-44(49)48(32)37;30-19-15-16-22-20-9-1-3-12-24(20)29(27(22)17-19)25-13-4-2-10-21(25)23-11-5-7-18-8-6-14-26(29)28(18)23;22-21(23)20-17-12-6-4-10-15(17)19(14-8-2-1-3-9-14)16-11-5-7-13-18(16)20/h1-30H;1-17H;1-13,22-23H. The van der Waals surface area contributed by atoms with Crippen molar-refractivity contribution >= 4 is 93.1 Å². The summed E-state index contributed by atoms with van der Waals surface area (Å²) < 4.78 is 1.12. The van der Waals surface area contributed by atoms with Crippen molar-refractivity contribution in [2.75, 3.05) is 0 Å². The Kier molecular flexibility index (Phi) is 13.9. The van der Waals surface area contributed by atoms with Gasteiger partial charge in [0, 0.05) is 4.47 Å². The van der Waals surface area contributed by atoms with Crippen molar-refractivity contribution in [1.29, 1.82) is 0 Å². The smallest absolute Gasteiger partial charge is 0.423 e. The van der Waals surface area contributed by atoms with Gasteiger partial charge in [-0.05, 0) is 211 Å². The van der Waals surface area contributed by atoms with Crippen LogP contribution in [-0.4, -0.2) is 17.2 Å². The van der Waals surface area contributed by atoms with E-state index in [0.717, 1.165) is 37.1 Å². The number of hydrogen-bond acceptors (Lipinski definition) is 2. The summed E-state index contributed by atoms with van der Waals surface area (Å²) in [5.41, 5.74) is 28.8. The molecule has 2 nitrogen and oxygen atoms in total. The lowest BCUT2D eigenvalue weighted by Crippen LogP contribution is -2.31. The van der Waals surface area contributed by atoms with Gasteiger partial charge in [-0.1, -0.05) is 362 Å². The molecule has 0 saturated carbocycles. The summed E-state index contributed by atoms with van der Waals surface area (Å²) in [6, 6.07) is 132. The second kappa shape index (κ2) is 23.6. The molecular formula is C98H62BBrO2. The highest BCUT2D eigenvalue weighted by Crippen LogP contribution is 2.64. The molecular weight excluding hydrogens is 1300 g/mol. The van der Waals surface area contributed by atoms with E-state index in [-0.39, 0.29) is 5.41 Å². The molecule has 4 aliphatic carbocycles. The van der Waals surface area contributed by atoms with Gasteiger partial charge in [0.25, 0.3) is 0 Å². The van der Waals surface area contributed by atoms with Crippen LogP contribution in [0, 0.1) is 0 Å². The van der Waals surface area contributed by atoms with Crippen molar-refractivity contribution in [2.24, 2.45) is 0 Å². The zero-order chi connectivity index (χ0) is 67.8. The van der Waals surface area contributed by atoms with Gasteiger partial charge in [-0.15, -0.1) is 0 Å². The Bertz CT molecular complexity index is 6390. The van der Waals surface area contributed by atoms with E-state index in [1.165, 1.54) is 154 Å². The van der Waals surface area contributed by atoms with E-state index in [0.29, 0.717) is 5.46 Å². The van der Waals surface area contributed by atoms with Crippen molar-refractivity contribution in [3.8, 4) is 77.9 Å². The Labute approximate surface area is 600 Å². The predicted octanol–water partition coefficient (Wildman–Crippen LogP) is 24.1. The molecule has 22 rings (SSSR count). The molecule has 102 heavy (non-hydrogen) atoms. The Balaban J connectivity index is 0.000000112. The number of hydrogen-bond donors (Lipinski definition) is 2. The lowest BCUT2D eigenvalue weighted by molar-refractivity contribution is 0.426. The van der Waals surface area contributed by atoms with E-state index in [2.05, 4.69) is 313 Å². The molecule has 0 aromatic heterocycles. The Morgan fingerprint density at radius 1 is 0.216 bits per heavy atom. The Morgan fingerprint density at radius 3 is 0.902 bits per heavy atom. The van der Waals surface area contributed by atoms with Crippen molar-refractivity contribution < 1.29 is 10.0 Å². The minimum atomic E-state index is -1.50. The van der Waals surface area contributed by atoms with Gasteiger partial charge in [-0.3, -0.25) is 0 Å². The molecule has 0 aliphatic heterocycles. The van der Waals surface area contributed by atoms with E-state index >= 15 is 0 Å². The molecule has 18 aromatic carbocycles. The van der Waals surface area contributed by atoms with E-state index in [4.69, 9.17) is 0 Å². The summed E-state index contributed by atoms with van der Waals surface area (Å²) >= 11 is 3.77. The van der Waals surface area contributed by atoms with E-state index < -0.39 is 12.5 Å².